The first-order valence-corrected chi connectivity index (χ1v) is 11.5. The fourth-order valence-electron chi connectivity index (χ4n) is 4.19. The second-order valence-electron chi connectivity index (χ2n) is 8.36. The number of nitrogens with zero attached hydrogens (tertiary/aromatic N) is 1. The minimum absolute atomic E-state index is 0.194. The predicted octanol–water partition coefficient (Wildman–Crippen LogP) is 4.31. The lowest BCUT2D eigenvalue weighted by atomic mass is 9.92. The first-order chi connectivity index (χ1) is 15.4. The lowest BCUT2D eigenvalue weighted by Gasteiger charge is -2.42. The lowest BCUT2D eigenvalue weighted by Crippen LogP contribution is -2.53. The first-order valence-electron chi connectivity index (χ1n) is 11.1. The van der Waals surface area contributed by atoms with E-state index in [1.54, 1.807) is 13.2 Å². The fraction of sp³-hybridized carbons (Fsp3) is 0.480. The molecule has 3 rings (SSSR count). The number of likely N-dealkylation sites (tertiary alicyclic amines) is 1. The molecule has 7 heteroatoms. The zero-order chi connectivity index (χ0) is 23.1. The average molecular weight is 463 g/mol. The topological polar surface area (TPSA) is 64.8 Å². The van der Waals surface area contributed by atoms with Gasteiger partial charge in [-0.1, -0.05) is 35.9 Å². The zero-order valence-electron chi connectivity index (χ0n) is 18.7. The summed E-state index contributed by atoms with van der Waals surface area (Å²) >= 11 is 6.01. The summed E-state index contributed by atoms with van der Waals surface area (Å²) < 4.78 is 24.7. The van der Waals surface area contributed by atoms with Crippen molar-refractivity contribution in [2.45, 2.75) is 38.3 Å². The molecule has 0 saturated carbocycles. The van der Waals surface area contributed by atoms with Crippen LogP contribution in [0.1, 0.15) is 25.3 Å². The van der Waals surface area contributed by atoms with Crippen LogP contribution >= 0.6 is 11.6 Å². The molecule has 1 fully saturated rings. The number of nitrogens with two attached hydrogens (primary N) is 1. The molecule has 174 valence electrons. The Labute approximate surface area is 194 Å². The van der Waals surface area contributed by atoms with E-state index in [4.69, 9.17) is 26.8 Å². The number of ether oxygens (including phenoxy) is 2. The molecule has 0 spiro atoms. The van der Waals surface area contributed by atoms with E-state index in [2.05, 4.69) is 4.90 Å². The Morgan fingerprint density at radius 3 is 2.66 bits per heavy atom. The van der Waals surface area contributed by atoms with Crippen molar-refractivity contribution in [1.29, 1.82) is 0 Å². The highest BCUT2D eigenvalue weighted by Gasteiger charge is 2.33. The van der Waals surface area contributed by atoms with Crippen LogP contribution in [-0.2, 0) is 20.7 Å². The maximum absolute atomic E-state index is 14.1. The van der Waals surface area contributed by atoms with Gasteiger partial charge in [-0.2, -0.15) is 0 Å². The maximum Gasteiger partial charge on any atom is 0.310 e. The SMILES string of the molecule is CCOC(=O)C(CC(N)Cc1ccc(-c2cc(Cl)ccc2F)cc1)CN1CCC1COC. The number of esters is 1. The third-order valence-corrected chi connectivity index (χ3v) is 6.21. The van der Waals surface area contributed by atoms with Gasteiger partial charge in [-0.15, -0.1) is 0 Å². The van der Waals surface area contributed by atoms with E-state index in [1.165, 1.54) is 12.1 Å². The van der Waals surface area contributed by atoms with E-state index >= 15 is 0 Å². The third-order valence-electron chi connectivity index (χ3n) is 5.98. The molecular weight excluding hydrogens is 431 g/mol. The van der Waals surface area contributed by atoms with E-state index in [-0.39, 0.29) is 23.7 Å². The van der Waals surface area contributed by atoms with Gasteiger partial charge in [0.25, 0.3) is 0 Å². The van der Waals surface area contributed by atoms with Gasteiger partial charge in [-0.3, -0.25) is 9.69 Å². The molecule has 2 N–H and O–H groups in total. The summed E-state index contributed by atoms with van der Waals surface area (Å²) in [7, 11) is 1.70. The van der Waals surface area contributed by atoms with Crippen LogP contribution in [0.15, 0.2) is 42.5 Å². The van der Waals surface area contributed by atoms with Crippen LogP contribution in [0.4, 0.5) is 4.39 Å². The van der Waals surface area contributed by atoms with Crippen molar-refractivity contribution < 1.29 is 18.7 Å². The molecule has 0 radical (unpaired) electrons. The normalized spacial score (nSPS) is 18.1. The van der Waals surface area contributed by atoms with Crippen molar-refractivity contribution in [2.75, 3.05) is 33.4 Å². The van der Waals surface area contributed by atoms with Crippen LogP contribution < -0.4 is 5.73 Å². The first kappa shape index (κ1) is 24.6. The number of halogens is 2. The number of methoxy groups -OCH3 is 1. The lowest BCUT2D eigenvalue weighted by molar-refractivity contribution is -0.150. The molecule has 0 aromatic heterocycles. The number of benzene rings is 2. The number of rotatable bonds is 11. The van der Waals surface area contributed by atoms with Crippen LogP contribution in [-0.4, -0.2) is 56.4 Å². The van der Waals surface area contributed by atoms with Gasteiger partial charge in [-0.05, 0) is 55.5 Å². The summed E-state index contributed by atoms with van der Waals surface area (Å²) in [6, 6.07) is 12.3. The Hall–Kier alpha value is -1.99. The van der Waals surface area contributed by atoms with E-state index in [9.17, 15) is 9.18 Å². The minimum atomic E-state index is -0.311. The minimum Gasteiger partial charge on any atom is -0.466 e. The number of carbonyl (C=O) groups is 1. The molecule has 3 unspecified atom stereocenters. The van der Waals surface area contributed by atoms with Gasteiger partial charge < -0.3 is 15.2 Å². The highest BCUT2D eigenvalue weighted by Crippen LogP contribution is 2.27. The molecule has 0 bridgehead atoms. The fourth-order valence-corrected chi connectivity index (χ4v) is 4.37. The quantitative estimate of drug-likeness (QED) is 0.504. The van der Waals surface area contributed by atoms with Crippen molar-refractivity contribution in [2.24, 2.45) is 11.7 Å². The van der Waals surface area contributed by atoms with Crippen molar-refractivity contribution in [3.05, 3.63) is 58.9 Å². The molecule has 3 atom stereocenters. The van der Waals surface area contributed by atoms with Crippen molar-refractivity contribution in [3.8, 4) is 11.1 Å². The Morgan fingerprint density at radius 1 is 1.28 bits per heavy atom. The summed E-state index contributed by atoms with van der Waals surface area (Å²) in [5, 5.41) is 0.493. The summed E-state index contributed by atoms with van der Waals surface area (Å²) in [6.07, 6.45) is 2.24. The summed E-state index contributed by atoms with van der Waals surface area (Å²) in [4.78, 5) is 14.8. The Balaban J connectivity index is 1.61. The summed E-state index contributed by atoms with van der Waals surface area (Å²) in [5.41, 5.74) is 8.69. The molecule has 1 heterocycles. The maximum atomic E-state index is 14.1. The van der Waals surface area contributed by atoms with Crippen molar-refractivity contribution in [3.63, 3.8) is 0 Å². The van der Waals surface area contributed by atoms with Crippen molar-refractivity contribution >= 4 is 17.6 Å². The number of hydrogen-bond donors (Lipinski definition) is 1. The van der Waals surface area contributed by atoms with Gasteiger partial charge in [0, 0.05) is 42.9 Å². The standard InChI is InChI=1S/C25H32ClFN2O3/c1-3-32-25(30)19(15-29-11-10-22(29)16-31-2)13-21(28)12-17-4-6-18(7-5-17)23-14-20(26)8-9-24(23)27/h4-9,14,19,21-22H,3,10-13,15-16,28H2,1-2H3. The third kappa shape index (κ3) is 6.51. The molecular formula is C25H32ClFN2O3. The highest BCUT2D eigenvalue weighted by atomic mass is 35.5. The summed E-state index contributed by atoms with van der Waals surface area (Å²) in [6.45, 7) is 4.43. The van der Waals surface area contributed by atoms with Crippen LogP contribution in [0.3, 0.4) is 0 Å². The molecule has 5 nitrogen and oxygen atoms in total. The highest BCUT2D eigenvalue weighted by molar-refractivity contribution is 6.30. The average Bonchev–Trinajstić information content (AvgIpc) is 2.76. The molecule has 1 saturated heterocycles. The van der Waals surface area contributed by atoms with Crippen LogP contribution in [0.2, 0.25) is 5.02 Å². The van der Waals surface area contributed by atoms with Crippen LogP contribution in [0, 0.1) is 11.7 Å². The van der Waals surface area contributed by atoms with Gasteiger partial charge in [0.2, 0.25) is 0 Å². The number of hydrogen-bond acceptors (Lipinski definition) is 5. The van der Waals surface area contributed by atoms with E-state index in [0.717, 1.165) is 24.1 Å². The Morgan fingerprint density at radius 2 is 2.03 bits per heavy atom. The smallest absolute Gasteiger partial charge is 0.310 e. The summed E-state index contributed by atoms with van der Waals surface area (Å²) in [5.74, 6) is -0.781. The van der Waals surface area contributed by atoms with E-state index in [0.29, 0.717) is 49.2 Å². The van der Waals surface area contributed by atoms with E-state index in [1.807, 2.05) is 31.2 Å². The monoisotopic (exact) mass is 462 g/mol. The van der Waals surface area contributed by atoms with E-state index < -0.39 is 0 Å². The van der Waals surface area contributed by atoms with Gasteiger partial charge in [0.05, 0.1) is 19.1 Å². The van der Waals surface area contributed by atoms with Gasteiger partial charge in [0.15, 0.2) is 0 Å². The molecule has 0 aliphatic carbocycles. The molecule has 2 aromatic carbocycles. The molecule has 2 aromatic rings. The second-order valence-corrected chi connectivity index (χ2v) is 8.80. The molecule has 1 aliphatic rings. The zero-order valence-corrected chi connectivity index (χ0v) is 19.5. The van der Waals surface area contributed by atoms with Crippen LogP contribution in [0.25, 0.3) is 11.1 Å². The Bertz CT molecular complexity index is 893. The Kier molecular flexibility index (Phi) is 9.05. The molecule has 32 heavy (non-hydrogen) atoms. The largest absolute Gasteiger partial charge is 0.466 e. The van der Waals surface area contributed by atoms with Crippen molar-refractivity contribution in [1.82, 2.24) is 4.90 Å². The van der Waals surface area contributed by atoms with Gasteiger partial charge in [-0.25, -0.2) is 4.39 Å². The predicted molar refractivity (Wildman–Crippen MR) is 125 cm³/mol. The van der Waals surface area contributed by atoms with Gasteiger partial charge in [0.1, 0.15) is 5.82 Å². The molecule has 0 amide bonds. The van der Waals surface area contributed by atoms with Crippen LogP contribution in [0.5, 0.6) is 0 Å². The second kappa shape index (κ2) is 11.8. The van der Waals surface area contributed by atoms with Gasteiger partial charge >= 0.3 is 5.97 Å². The number of carbonyl (C=O) groups excluding carboxylic acids is 1. The molecule has 1 aliphatic heterocycles.